The number of nitrogens with one attached hydrogen (secondary N) is 3. The first-order chi connectivity index (χ1) is 11.7. The van der Waals surface area contributed by atoms with Gasteiger partial charge in [-0.3, -0.25) is 4.68 Å². The number of aromatic nitrogens is 4. The van der Waals surface area contributed by atoms with E-state index in [1.165, 1.54) is 11.8 Å². The SMILES string of the molecule is Cn1cc(Nc2ncc(C=N)c(NCCc3ccccc3)n2)cn1. The monoisotopic (exact) mass is 321 g/mol. The van der Waals surface area contributed by atoms with E-state index < -0.39 is 0 Å². The molecule has 0 radical (unpaired) electrons. The van der Waals surface area contributed by atoms with E-state index in [-0.39, 0.29) is 0 Å². The zero-order valence-corrected chi connectivity index (χ0v) is 13.4. The van der Waals surface area contributed by atoms with Crippen LogP contribution in [0.4, 0.5) is 17.5 Å². The third-order valence-corrected chi connectivity index (χ3v) is 3.48. The van der Waals surface area contributed by atoms with Crippen molar-refractivity contribution in [2.75, 3.05) is 17.2 Å². The number of nitrogens with zero attached hydrogens (tertiary/aromatic N) is 4. The first-order valence-electron chi connectivity index (χ1n) is 7.65. The second-order valence-electron chi connectivity index (χ2n) is 5.33. The van der Waals surface area contributed by atoms with Crippen LogP contribution < -0.4 is 10.6 Å². The summed E-state index contributed by atoms with van der Waals surface area (Å²) in [6.45, 7) is 0.730. The maximum atomic E-state index is 7.50. The lowest BCUT2D eigenvalue weighted by atomic mass is 10.1. The summed E-state index contributed by atoms with van der Waals surface area (Å²) < 4.78 is 1.70. The third-order valence-electron chi connectivity index (χ3n) is 3.48. The molecule has 0 fully saturated rings. The lowest BCUT2D eigenvalue weighted by Gasteiger charge is -2.10. The standard InChI is InChI=1S/C17H19N7/c1-24-12-15(11-21-24)22-17-20-10-14(9-18)16(23-17)19-8-7-13-5-3-2-4-6-13/h2-6,9-12,18H,7-8H2,1H3,(H2,19,20,22,23). The molecule has 0 saturated carbocycles. The highest BCUT2D eigenvalue weighted by Crippen LogP contribution is 2.16. The molecule has 3 rings (SSSR count). The zero-order valence-electron chi connectivity index (χ0n) is 13.4. The van der Waals surface area contributed by atoms with Crippen molar-refractivity contribution in [1.29, 1.82) is 5.41 Å². The Labute approximate surface area is 140 Å². The molecule has 7 heteroatoms. The highest BCUT2D eigenvalue weighted by Gasteiger charge is 2.06. The van der Waals surface area contributed by atoms with Crippen LogP contribution in [0.5, 0.6) is 0 Å². The van der Waals surface area contributed by atoms with Gasteiger partial charge in [-0.25, -0.2) is 4.98 Å². The van der Waals surface area contributed by atoms with E-state index in [2.05, 4.69) is 37.8 Å². The second kappa shape index (κ2) is 7.36. The Kier molecular flexibility index (Phi) is 4.81. The van der Waals surface area contributed by atoms with Gasteiger partial charge in [-0.05, 0) is 12.0 Å². The molecule has 2 aromatic heterocycles. The van der Waals surface area contributed by atoms with Gasteiger partial charge in [-0.1, -0.05) is 30.3 Å². The molecule has 0 aliphatic carbocycles. The average Bonchev–Trinajstić information content (AvgIpc) is 3.01. The molecule has 0 amide bonds. The van der Waals surface area contributed by atoms with Crippen LogP contribution in [0.15, 0.2) is 48.9 Å². The largest absolute Gasteiger partial charge is 0.369 e. The number of aryl methyl sites for hydroxylation is 1. The van der Waals surface area contributed by atoms with E-state index >= 15 is 0 Å². The van der Waals surface area contributed by atoms with Crippen LogP contribution in [-0.4, -0.2) is 32.5 Å². The van der Waals surface area contributed by atoms with Gasteiger partial charge >= 0.3 is 0 Å². The molecule has 0 atom stereocenters. The Morgan fingerprint density at radius 2 is 2.04 bits per heavy atom. The van der Waals surface area contributed by atoms with Crippen LogP contribution in [0.2, 0.25) is 0 Å². The summed E-state index contributed by atoms with van der Waals surface area (Å²) in [4.78, 5) is 8.69. The van der Waals surface area contributed by atoms with Crippen LogP contribution in [-0.2, 0) is 13.5 Å². The van der Waals surface area contributed by atoms with Gasteiger partial charge in [0.1, 0.15) is 5.82 Å². The normalized spacial score (nSPS) is 10.4. The Morgan fingerprint density at radius 3 is 2.75 bits per heavy atom. The van der Waals surface area contributed by atoms with E-state index in [0.717, 1.165) is 18.7 Å². The van der Waals surface area contributed by atoms with Crippen molar-refractivity contribution in [3.05, 3.63) is 60.0 Å². The van der Waals surface area contributed by atoms with Crippen LogP contribution in [0.3, 0.4) is 0 Å². The molecule has 0 aliphatic rings. The van der Waals surface area contributed by atoms with E-state index in [4.69, 9.17) is 5.41 Å². The summed E-state index contributed by atoms with van der Waals surface area (Å²) in [5.74, 6) is 1.11. The molecule has 0 aliphatic heterocycles. The molecule has 24 heavy (non-hydrogen) atoms. The summed E-state index contributed by atoms with van der Waals surface area (Å²) >= 11 is 0. The zero-order chi connectivity index (χ0) is 16.8. The van der Waals surface area contributed by atoms with Crippen LogP contribution >= 0.6 is 0 Å². The van der Waals surface area contributed by atoms with Gasteiger partial charge in [0, 0.05) is 32.2 Å². The molecule has 1 aromatic carbocycles. The molecular formula is C17H19N7. The average molecular weight is 321 g/mol. The van der Waals surface area contributed by atoms with Gasteiger partial charge in [-0.15, -0.1) is 0 Å². The number of rotatable bonds is 7. The third kappa shape index (κ3) is 3.95. The highest BCUT2D eigenvalue weighted by atomic mass is 15.3. The van der Waals surface area contributed by atoms with Crippen LogP contribution in [0.1, 0.15) is 11.1 Å². The van der Waals surface area contributed by atoms with Crippen LogP contribution in [0, 0.1) is 5.41 Å². The van der Waals surface area contributed by atoms with Crippen molar-refractivity contribution < 1.29 is 0 Å². The van der Waals surface area contributed by atoms with E-state index in [1.807, 2.05) is 31.4 Å². The van der Waals surface area contributed by atoms with Crippen molar-refractivity contribution in [3.63, 3.8) is 0 Å². The predicted octanol–water partition coefficient (Wildman–Crippen LogP) is 2.61. The minimum Gasteiger partial charge on any atom is -0.369 e. The quantitative estimate of drug-likeness (QED) is 0.582. The molecule has 2 heterocycles. The van der Waals surface area contributed by atoms with Gasteiger partial charge in [0.2, 0.25) is 5.95 Å². The fraction of sp³-hybridized carbons (Fsp3) is 0.176. The molecule has 0 saturated heterocycles. The molecular weight excluding hydrogens is 302 g/mol. The van der Waals surface area contributed by atoms with Crippen molar-refractivity contribution in [3.8, 4) is 0 Å². The molecule has 122 valence electrons. The lowest BCUT2D eigenvalue weighted by Crippen LogP contribution is -2.10. The van der Waals surface area contributed by atoms with Crippen molar-refractivity contribution >= 4 is 23.7 Å². The number of hydrogen-bond acceptors (Lipinski definition) is 6. The van der Waals surface area contributed by atoms with E-state index in [1.54, 1.807) is 17.1 Å². The Balaban J connectivity index is 1.68. The Hall–Kier alpha value is -3.22. The van der Waals surface area contributed by atoms with Gasteiger partial charge in [0.05, 0.1) is 17.4 Å². The summed E-state index contributed by atoms with van der Waals surface area (Å²) in [7, 11) is 1.85. The minimum atomic E-state index is 0.468. The van der Waals surface area contributed by atoms with Crippen molar-refractivity contribution in [2.45, 2.75) is 6.42 Å². The lowest BCUT2D eigenvalue weighted by molar-refractivity contribution is 0.768. The maximum Gasteiger partial charge on any atom is 0.229 e. The highest BCUT2D eigenvalue weighted by molar-refractivity contribution is 5.84. The van der Waals surface area contributed by atoms with Crippen molar-refractivity contribution in [2.24, 2.45) is 7.05 Å². The van der Waals surface area contributed by atoms with E-state index in [9.17, 15) is 0 Å². The summed E-state index contributed by atoms with van der Waals surface area (Å²) in [6, 6.07) is 10.2. The number of benzene rings is 1. The molecule has 0 spiro atoms. The first-order valence-corrected chi connectivity index (χ1v) is 7.65. The topological polar surface area (TPSA) is 91.5 Å². The second-order valence-corrected chi connectivity index (χ2v) is 5.33. The van der Waals surface area contributed by atoms with Gasteiger partial charge in [0.25, 0.3) is 0 Å². The fourth-order valence-electron chi connectivity index (χ4n) is 2.28. The molecule has 3 N–H and O–H groups in total. The van der Waals surface area contributed by atoms with E-state index in [0.29, 0.717) is 17.3 Å². The Morgan fingerprint density at radius 1 is 1.21 bits per heavy atom. The first kappa shape index (κ1) is 15.7. The van der Waals surface area contributed by atoms with Crippen molar-refractivity contribution in [1.82, 2.24) is 19.7 Å². The minimum absolute atomic E-state index is 0.468. The Bertz CT molecular complexity index is 811. The number of anilines is 3. The number of hydrogen-bond donors (Lipinski definition) is 3. The summed E-state index contributed by atoms with van der Waals surface area (Å²) in [5.41, 5.74) is 2.72. The van der Waals surface area contributed by atoms with Crippen LogP contribution in [0.25, 0.3) is 0 Å². The maximum absolute atomic E-state index is 7.50. The molecule has 3 aromatic rings. The van der Waals surface area contributed by atoms with Gasteiger partial charge in [0.15, 0.2) is 0 Å². The van der Waals surface area contributed by atoms with Gasteiger partial charge in [-0.2, -0.15) is 10.1 Å². The molecule has 7 nitrogen and oxygen atoms in total. The predicted molar refractivity (Wildman–Crippen MR) is 95.0 cm³/mol. The summed E-state index contributed by atoms with van der Waals surface area (Å²) in [5, 5.41) is 18.0. The smallest absolute Gasteiger partial charge is 0.229 e. The molecule has 0 bridgehead atoms. The molecule has 0 unspecified atom stereocenters. The summed E-state index contributed by atoms with van der Waals surface area (Å²) in [6.07, 6.45) is 7.31. The van der Waals surface area contributed by atoms with Gasteiger partial charge < -0.3 is 16.0 Å². The fourth-order valence-corrected chi connectivity index (χ4v) is 2.28.